The van der Waals surface area contributed by atoms with Crippen molar-refractivity contribution < 1.29 is 13.9 Å². The summed E-state index contributed by atoms with van der Waals surface area (Å²) in [5.41, 5.74) is 1.23. The van der Waals surface area contributed by atoms with Crippen molar-refractivity contribution in [3.05, 3.63) is 82.7 Å². The molecule has 0 saturated heterocycles. The fraction of sp³-hybridized carbons (Fsp3) is 0.0952. The van der Waals surface area contributed by atoms with Crippen LogP contribution in [0.1, 0.15) is 20.9 Å². The molecule has 1 amide bonds. The Bertz CT molecular complexity index is 1140. The lowest BCUT2D eigenvalue weighted by Gasteiger charge is -2.07. The predicted molar refractivity (Wildman–Crippen MR) is 108 cm³/mol. The zero-order chi connectivity index (χ0) is 19.5. The first-order chi connectivity index (χ1) is 13.6. The second-order valence-electron chi connectivity index (χ2n) is 6.13. The zero-order valence-corrected chi connectivity index (χ0v) is 15.8. The number of rotatable bonds is 5. The van der Waals surface area contributed by atoms with E-state index in [0.29, 0.717) is 17.4 Å². The number of pyridine rings is 1. The van der Waals surface area contributed by atoms with Gasteiger partial charge in [-0.25, -0.2) is 14.4 Å². The van der Waals surface area contributed by atoms with Gasteiger partial charge in [-0.1, -0.05) is 30.3 Å². The summed E-state index contributed by atoms with van der Waals surface area (Å²) < 4.78 is 18.3. The normalized spacial score (nSPS) is 10.8. The van der Waals surface area contributed by atoms with Gasteiger partial charge in [0.05, 0.1) is 7.11 Å². The van der Waals surface area contributed by atoms with E-state index in [1.165, 1.54) is 30.6 Å². The summed E-state index contributed by atoms with van der Waals surface area (Å²) in [6.07, 6.45) is 2.33. The van der Waals surface area contributed by atoms with Crippen LogP contribution in [0.15, 0.2) is 60.8 Å². The second-order valence-corrected chi connectivity index (χ2v) is 7.24. The largest absolute Gasteiger partial charge is 0.481 e. The summed E-state index contributed by atoms with van der Waals surface area (Å²) in [4.78, 5) is 22.1. The van der Waals surface area contributed by atoms with Crippen LogP contribution in [0.5, 0.6) is 5.88 Å². The van der Waals surface area contributed by atoms with Crippen molar-refractivity contribution in [2.75, 3.05) is 12.4 Å². The minimum Gasteiger partial charge on any atom is -0.481 e. The first-order valence-electron chi connectivity index (χ1n) is 8.56. The molecule has 0 unspecified atom stereocenters. The third-order valence-electron chi connectivity index (χ3n) is 4.20. The monoisotopic (exact) mass is 393 g/mol. The highest BCUT2D eigenvalue weighted by Gasteiger charge is 2.14. The third kappa shape index (κ3) is 3.84. The fourth-order valence-corrected chi connectivity index (χ4v) is 3.69. The number of fused-ring (bicyclic) bond motifs is 1. The first-order valence-corrected chi connectivity index (χ1v) is 9.38. The van der Waals surface area contributed by atoms with Crippen molar-refractivity contribution in [2.24, 2.45) is 0 Å². The van der Waals surface area contributed by atoms with E-state index in [2.05, 4.69) is 15.3 Å². The summed E-state index contributed by atoms with van der Waals surface area (Å²) in [7, 11) is 1.53. The second kappa shape index (κ2) is 7.74. The molecule has 1 N–H and O–H groups in total. The minimum absolute atomic E-state index is 0.255. The van der Waals surface area contributed by atoms with E-state index in [4.69, 9.17) is 4.74 Å². The van der Waals surface area contributed by atoms with Crippen molar-refractivity contribution in [1.29, 1.82) is 0 Å². The molecule has 5 nitrogen and oxygen atoms in total. The molecule has 0 fully saturated rings. The number of aromatic nitrogens is 2. The molecule has 2 aromatic heterocycles. The lowest BCUT2D eigenvalue weighted by molar-refractivity contribution is 0.102. The molecule has 0 aliphatic rings. The summed E-state index contributed by atoms with van der Waals surface area (Å²) in [6.45, 7) is 0. The number of anilines is 1. The number of hydrogen-bond acceptors (Lipinski definition) is 5. The molecular formula is C21H16FN3O2S. The van der Waals surface area contributed by atoms with Crippen LogP contribution < -0.4 is 10.1 Å². The molecule has 0 aliphatic heterocycles. The number of amides is 1. The molecule has 28 heavy (non-hydrogen) atoms. The number of methoxy groups -OCH3 is 1. The standard InChI is InChI=1S/C21H16FN3O2S/c1-27-20-17-5-3-2-4-14(17)11-18(24-20)19(26)25-21-23-12-16(28-21)10-13-6-8-15(22)9-7-13/h2-9,11-12H,10H2,1H3,(H,23,25,26). The molecule has 4 aromatic rings. The molecule has 2 heterocycles. The zero-order valence-electron chi connectivity index (χ0n) is 15.0. The number of nitrogens with zero attached hydrogens (tertiary/aromatic N) is 2. The Morgan fingerprint density at radius 2 is 1.96 bits per heavy atom. The van der Waals surface area contributed by atoms with Crippen molar-refractivity contribution in [3.8, 4) is 5.88 Å². The van der Waals surface area contributed by atoms with E-state index >= 15 is 0 Å². The molecule has 2 aromatic carbocycles. The Balaban J connectivity index is 1.52. The molecular weight excluding hydrogens is 377 g/mol. The van der Waals surface area contributed by atoms with Crippen LogP contribution in [0, 0.1) is 5.82 Å². The number of halogens is 1. The van der Waals surface area contributed by atoms with Crippen molar-refractivity contribution >= 4 is 33.1 Å². The number of carbonyl (C=O) groups excluding carboxylic acids is 1. The van der Waals surface area contributed by atoms with Crippen LogP contribution in [0.2, 0.25) is 0 Å². The van der Waals surface area contributed by atoms with E-state index in [0.717, 1.165) is 21.2 Å². The van der Waals surface area contributed by atoms with E-state index < -0.39 is 0 Å². The molecule has 7 heteroatoms. The Hall–Kier alpha value is -3.32. The van der Waals surface area contributed by atoms with Crippen LogP contribution in [-0.4, -0.2) is 23.0 Å². The Labute approximate surface area is 164 Å². The molecule has 140 valence electrons. The molecule has 0 atom stereocenters. The number of thiazole rings is 1. The van der Waals surface area contributed by atoms with Crippen LogP contribution >= 0.6 is 11.3 Å². The maximum Gasteiger partial charge on any atom is 0.276 e. The summed E-state index contributed by atoms with van der Waals surface area (Å²) >= 11 is 1.37. The average Bonchev–Trinajstić information content (AvgIpc) is 3.15. The van der Waals surface area contributed by atoms with Gasteiger partial charge in [0.25, 0.3) is 5.91 Å². The van der Waals surface area contributed by atoms with Gasteiger partial charge in [0, 0.05) is 22.9 Å². The van der Waals surface area contributed by atoms with Crippen LogP contribution in [-0.2, 0) is 6.42 Å². The van der Waals surface area contributed by atoms with Gasteiger partial charge in [0.1, 0.15) is 11.5 Å². The van der Waals surface area contributed by atoms with E-state index in [1.54, 1.807) is 24.4 Å². The number of nitrogens with one attached hydrogen (secondary N) is 1. The number of carbonyl (C=O) groups is 1. The number of benzene rings is 2. The van der Waals surface area contributed by atoms with Crippen LogP contribution in [0.3, 0.4) is 0 Å². The maximum atomic E-state index is 13.0. The molecule has 0 aliphatic carbocycles. The summed E-state index contributed by atoms with van der Waals surface area (Å²) in [6, 6.07) is 15.6. The first kappa shape index (κ1) is 18.1. The van der Waals surface area contributed by atoms with E-state index in [9.17, 15) is 9.18 Å². The molecule has 0 bridgehead atoms. The minimum atomic E-state index is -0.355. The Kier molecular flexibility index (Phi) is 4.99. The number of ether oxygens (including phenoxy) is 1. The lowest BCUT2D eigenvalue weighted by atomic mass is 10.1. The fourth-order valence-electron chi connectivity index (χ4n) is 2.85. The topological polar surface area (TPSA) is 64.1 Å². The molecule has 0 radical (unpaired) electrons. The van der Waals surface area contributed by atoms with Crippen molar-refractivity contribution in [3.63, 3.8) is 0 Å². The third-order valence-corrected chi connectivity index (χ3v) is 5.11. The predicted octanol–water partition coefficient (Wildman–Crippen LogP) is 4.68. The van der Waals surface area contributed by atoms with Gasteiger partial charge in [0.15, 0.2) is 5.13 Å². The van der Waals surface area contributed by atoms with Gasteiger partial charge in [0.2, 0.25) is 5.88 Å². The smallest absolute Gasteiger partial charge is 0.276 e. The van der Waals surface area contributed by atoms with Gasteiger partial charge < -0.3 is 4.74 Å². The summed E-state index contributed by atoms with van der Waals surface area (Å²) in [5, 5.41) is 4.98. The lowest BCUT2D eigenvalue weighted by Crippen LogP contribution is -2.14. The number of hydrogen-bond donors (Lipinski definition) is 1. The average molecular weight is 393 g/mol. The van der Waals surface area contributed by atoms with Gasteiger partial charge in [-0.3, -0.25) is 10.1 Å². The van der Waals surface area contributed by atoms with Crippen LogP contribution in [0.4, 0.5) is 9.52 Å². The van der Waals surface area contributed by atoms with E-state index in [1.807, 2.05) is 24.3 Å². The maximum absolute atomic E-state index is 13.0. The van der Waals surface area contributed by atoms with Crippen LogP contribution in [0.25, 0.3) is 10.8 Å². The van der Waals surface area contributed by atoms with Gasteiger partial charge in [-0.05, 0) is 35.2 Å². The van der Waals surface area contributed by atoms with E-state index in [-0.39, 0.29) is 17.4 Å². The highest BCUT2D eigenvalue weighted by Crippen LogP contribution is 2.26. The van der Waals surface area contributed by atoms with Gasteiger partial charge >= 0.3 is 0 Å². The SMILES string of the molecule is COc1nc(C(=O)Nc2ncc(Cc3ccc(F)cc3)s2)cc2ccccc12. The summed E-state index contributed by atoms with van der Waals surface area (Å²) in [5.74, 6) is -0.217. The Morgan fingerprint density at radius 3 is 2.75 bits per heavy atom. The highest BCUT2D eigenvalue weighted by atomic mass is 32.1. The highest BCUT2D eigenvalue weighted by molar-refractivity contribution is 7.15. The Morgan fingerprint density at radius 1 is 1.18 bits per heavy atom. The molecule has 0 saturated carbocycles. The molecule has 4 rings (SSSR count). The van der Waals surface area contributed by atoms with Crippen molar-refractivity contribution in [2.45, 2.75) is 6.42 Å². The quantitative estimate of drug-likeness (QED) is 0.535. The van der Waals surface area contributed by atoms with Crippen molar-refractivity contribution in [1.82, 2.24) is 9.97 Å². The molecule has 0 spiro atoms. The van der Waals surface area contributed by atoms with Gasteiger partial charge in [-0.15, -0.1) is 11.3 Å². The van der Waals surface area contributed by atoms with Gasteiger partial charge in [-0.2, -0.15) is 0 Å².